The molecule has 174 valence electrons. The van der Waals surface area contributed by atoms with Crippen LogP contribution in [0.25, 0.3) is 0 Å². The van der Waals surface area contributed by atoms with Crippen molar-refractivity contribution in [1.82, 2.24) is 9.71 Å². The topological polar surface area (TPSA) is 71.5 Å². The Morgan fingerprint density at radius 2 is 1.94 bits per heavy atom. The first-order valence-electron chi connectivity index (χ1n) is 11.4. The summed E-state index contributed by atoms with van der Waals surface area (Å²) in [6.07, 6.45) is 8.17. The van der Waals surface area contributed by atoms with Gasteiger partial charge >= 0.3 is 0 Å². The predicted molar refractivity (Wildman–Crippen MR) is 129 cm³/mol. The molecule has 6 nitrogen and oxygen atoms in total. The number of sulfonamides is 1. The zero-order chi connectivity index (χ0) is 22.6. The Morgan fingerprint density at radius 3 is 2.62 bits per heavy atom. The second kappa shape index (κ2) is 10.5. The van der Waals surface area contributed by atoms with Crippen molar-refractivity contribution in [3.05, 3.63) is 59.2 Å². The van der Waals surface area contributed by atoms with E-state index in [4.69, 9.17) is 16.3 Å². The minimum atomic E-state index is -3.27. The maximum atomic E-state index is 11.9. The molecule has 2 fully saturated rings. The highest BCUT2D eigenvalue weighted by Crippen LogP contribution is 2.35. The number of halogens is 1. The van der Waals surface area contributed by atoms with Gasteiger partial charge in [-0.05, 0) is 67.9 Å². The molecule has 8 heteroatoms. The lowest BCUT2D eigenvalue weighted by atomic mass is 9.82. The summed E-state index contributed by atoms with van der Waals surface area (Å²) in [7, 11) is -3.27. The van der Waals surface area contributed by atoms with Gasteiger partial charge in [0.05, 0.1) is 19.0 Å². The van der Waals surface area contributed by atoms with Gasteiger partial charge < -0.3 is 9.64 Å². The van der Waals surface area contributed by atoms with Crippen molar-refractivity contribution in [2.75, 3.05) is 30.9 Å². The van der Waals surface area contributed by atoms with E-state index in [1.807, 2.05) is 30.3 Å². The average molecular weight is 478 g/mol. The summed E-state index contributed by atoms with van der Waals surface area (Å²) in [6.45, 7) is 2.04. The molecule has 1 aliphatic carbocycles. The first-order chi connectivity index (χ1) is 15.4. The van der Waals surface area contributed by atoms with Crippen molar-refractivity contribution in [1.29, 1.82) is 0 Å². The summed E-state index contributed by atoms with van der Waals surface area (Å²) in [5, 5.41) is 0.792. The molecule has 1 saturated carbocycles. The fraction of sp³-hybridized carbons (Fsp3) is 0.542. The standard InChI is InChI=1S/C24H32ClN3O3S/c1-32(29,30)27-23-12-14-28(24-7-2-3-13-26-24)16-20(23)17-31-22-10-8-18(9-11-22)19-5-4-6-21(25)15-19/h2-7,13,15,18,20,22-23,27H,8-12,14,16-17H2,1H3. The summed E-state index contributed by atoms with van der Waals surface area (Å²) in [5.41, 5.74) is 1.31. The number of ether oxygens (including phenoxy) is 1. The lowest BCUT2D eigenvalue weighted by Gasteiger charge is -2.40. The van der Waals surface area contributed by atoms with Crippen LogP contribution in [0.3, 0.4) is 0 Å². The van der Waals surface area contributed by atoms with Gasteiger partial charge in [0.25, 0.3) is 0 Å². The number of nitrogens with zero attached hydrogens (tertiary/aromatic N) is 2. The molecule has 4 rings (SSSR count). The lowest BCUT2D eigenvalue weighted by Crippen LogP contribution is -2.52. The molecule has 1 N–H and O–H groups in total. The number of rotatable bonds is 7. The van der Waals surface area contributed by atoms with Gasteiger partial charge in [0.2, 0.25) is 10.0 Å². The van der Waals surface area contributed by atoms with Crippen molar-refractivity contribution in [2.45, 2.75) is 50.2 Å². The third kappa shape index (κ3) is 6.44. The Balaban J connectivity index is 1.34. The van der Waals surface area contributed by atoms with Crippen molar-refractivity contribution in [3.8, 4) is 0 Å². The quantitative estimate of drug-likeness (QED) is 0.646. The van der Waals surface area contributed by atoms with Crippen LogP contribution in [0.1, 0.15) is 43.6 Å². The van der Waals surface area contributed by atoms with Crippen molar-refractivity contribution < 1.29 is 13.2 Å². The number of pyridine rings is 1. The second-order valence-electron chi connectivity index (χ2n) is 9.04. The van der Waals surface area contributed by atoms with E-state index in [9.17, 15) is 8.42 Å². The summed E-state index contributed by atoms with van der Waals surface area (Å²) in [6, 6.07) is 13.9. The molecule has 0 spiro atoms. The van der Waals surface area contributed by atoms with E-state index in [2.05, 4.69) is 26.7 Å². The van der Waals surface area contributed by atoms with Gasteiger partial charge in [-0.25, -0.2) is 18.1 Å². The number of hydrogen-bond acceptors (Lipinski definition) is 5. The van der Waals surface area contributed by atoms with E-state index in [1.165, 1.54) is 11.8 Å². The highest BCUT2D eigenvalue weighted by Gasteiger charge is 2.33. The molecule has 2 aromatic rings. The van der Waals surface area contributed by atoms with Crippen molar-refractivity contribution in [2.24, 2.45) is 5.92 Å². The zero-order valence-corrected chi connectivity index (χ0v) is 20.1. The van der Waals surface area contributed by atoms with Gasteiger partial charge in [-0.3, -0.25) is 0 Å². The fourth-order valence-electron chi connectivity index (χ4n) is 4.96. The Kier molecular flexibility index (Phi) is 7.71. The number of piperidine rings is 1. The van der Waals surface area contributed by atoms with Gasteiger partial charge in [0.1, 0.15) is 5.82 Å². The maximum absolute atomic E-state index is 11.9. The summed E-state index contributed by atoms with van der Waals surface area (Å²) in [5.74, 6) is 1.53. The number of nitrogens with one attached hydrogen (secondary N) is 1. The summed E-state index contributed by atoms with van der Waals surface area (Å²) >= 11 is 6.16. The van der Waals surface area contributed by atoms with Crippen LogP contribution in [-0.2, 0) is 14.8 Å². The third-order valence-electron chi connectivity index (χ3n) is 6.61. The van der Waals surface area contributed by atoms with Crippen molar-refractivity contribution in [3.63, 3.8) is 0 Å². The fourth-order valence-corrected chi connectivity index (χ4v) is 6.02. The van der Waals surface area contributed by atoms with E-state index in [0.29, 0.717) is 12.5 Å². The maximum Gasteiger partial charge on any atom is 0.208 e. The number of anilines is 1. The molecule has 0 bridgehead atoms. The van der Waals surface area contributed by atoms with Crippen LogP contribution >= 0.6 is 11.6 Å². The first-order valence-corrected chi connectivity index (χ1v) is 13.6. The van der Waals surface area contributed by atoms with E-state index < -0.39 is 10.0 Å². The van der Waals surface area contributed by atoms with E-state index in [0.717, 1.165) is 56.0 Å². The average Bonchev–Trinajstić information content (AvgIpc) is 2.78. The van der Waals surface area contributed by atoms with Crippen LogP contribution in [0.4, 0.5) is 5.82 Å². The van der Waals surface area contributed by atoms with E-state index in [-0.39, 0.29) is 18.1 Å². The number of hydrogen-bond donors (Lipinski definition) is 1. The van der Waals surface area contributed by atoms with Crippen LogP contribution in [0.15, 0.2) is 48.7 Å². The van der Waals surface area contributed by atoms with Crippen molar-refractivity contribution >= 4 is 27.4 Å². The first kappa shape index (κ1) is 23.5. The summed E-state index contributed by atoms with van der Waals surface area (Å²) in [4.78, 5) is 6.69. The SMILES string of the molecule is CS(=O)(=O)NC1CCN(c2ccccn2)CC1COC1CCC(c2cccc(Cl)c2)CC1. The minimum absolute atomic E-state index is 0.0751. The monoisotopic (exact) mass is 477 g/mol. The molecule has 2 atom stereocenters. The molecule has 1 aliphatic heterocycles. The molecule has 0 amide bonds. The molecule has 0 radical (unpaired) electrons. The predicted octanol–water partition coefficient (Wildman–Crippen LogP) is 4.22. The Labute approximate surface area is 196 Å². The molecule has 1 aromatic heterocycles. The van der Waals surface area contributed by atoms with Gasteiger partial charge in [-0.15, -0.1) is 0 Å². The van der Waals surface area contributed by atoms with Crippen LogP contribution < -0.4 is 9.62 Å². The highest BCUT2D eigenvalue weighted by molar-refractivity contribution is 7.88. The van der Waals surface area contributed by atoms with Gasteiger partial charge in [-0.1, -0.05) is 29.8 Å². The molecule has 2 unspecified atom stereocenters. The summed E-state index contributed by atoms with van der Waals surface area (Å²) < 4.78 is 33.0. The highest BCUT2D eigenvalue weighted by atomic mass is 35.5. The normalized spacial score (nSPS) is 26.8. The van der Waals surface area contributed by atoms with Gasteiger partial charge in [0, 0.05) is 36.3 Å². The van der Waals surface area contributed by atoms with E-state index in [1.54, 1.807) is 6.20 Å². The largest absolute Gasteiger partial charge is 0.378 e. The Bertz CT molecular complexity index is 981. The lowest BCUT2D eigenvalue weighted by molar-refractivity contribution is -0.00213. The molecule has 2 heterocycles. The molecule has 32 heavy (non-hydrogen) atoms. The second-order valence-corrected chi connectivity index (χ2v) is 11.3. The van der Waals surface area contributed by atoms with Crippen LogP contribution in [-0.4, -0.2) is 51.5 Å². The van der Waals surface area contributed by atoms with Gasteiger partial charge in [-0.2, -0.15) is 0 Å². The smallest absolute Gasteiger partial charge is 0.208 e. The molecular weight excluding hydrogens is 446 g/mol. The zero-order valence-electron chi connectivity index (χ0n) is 18.5. The van der Waals surface area contributed by atoms with Crippen LogP contribution in [0.2, 0.25) is 5.02 Å². The molecule has 1 aromatic carbocycles. The third-order valence-corrected chi connectivity index (χ3v) is 7.58. The van der Waals surface area contributed by atoms with Gasteiger partial charge in [0.15, 0.2) is 0 Å². The Hall–Kier alpha value is -1.67. The minimum Gasteiger partial charge on any atom is -0.378 e. The van der Waals surface area contributed by atoms with E-state index >= 15 is 0 Å². The molecule has 1 saturated heterocycles. The Morgan fingerprint density at radius 1 is 1.12 bits per heavy atom. The van der Waals surface area contributed by atoms with Crippen LogP contribution in [0, 0.1) is 5.92 Å². The number of aromatic nitrogens is 1. The molecular formula is C24H32ClN3O3S. The van der Waals surface area contributed by atoms with Crippen LogP contribution in [0.5, 0.6) is 0 Å². The molecule has 2 aliphatic rings. The number of benzene rings is 1.